The Morgan fingerprint density at radius 3 is 2.14 bits per heavy atom. The van der Waals surface area contributed by atoms with Gasteiger partial charge in [0.1, 0.15) is 11.6 Å². The van der Waals surface area contributed by atoms with Crippen LogP contribution >= 0.6 is 0 Å². The first-order valence-corrected chi connectivity index (χ1v) is 9.45. The van der Waals surface area contributed by atoms with Gasteiger partial charge in [-0.3, -0.25) is 4.79 Å². The number of carbonyl (C=O) groups excluding carboxylic acids is 1. The quantitative estimate of drug-likeness (QED) is 0.386. The molecule has 0 radical (unpaired) electrons. The number of benzene rings is 2. The molecule has 1 aromatic heterocycles. The number of hydrogen-bond donors (Lipinski definition) is 3. The summed E-state index contributed by atoms with van der Waals surface area (Å²) in [6.07, 6.45) is -7.96. The van der Waals surface area contributed by atoms with Gasteiger partial charge < -0.3 is 20.5 Å². The number of methoxy groups -OCH3 is 1. The van der Waals surface area contributed by atoms with Crippen LogP contribution in [-0.4, -0.2) is 35.3 Å². The van der Waals surface area contributed by atoms with Crippen LogP contribution in [0.4, 0.5) is 43.5 Å². The van der Waals surface area contributed by atoms with Crippen molar-refractivity contribution in [1.29, 1.82) is 0 Å². The Morgan fingerprint density at radius 1 is 0.914 bits per heavy atom. The molecule has 3 aromatic rings. The van der Waals surface area contributed by atoms with E-state index in [4.69, 9.17) is 14.6 Å². The normalized spacial score (nSPS) is 11.1. The Morgan fingerprint density at radius 2 is 1.60 bits per heavy atom. The van der Waals surface area contributed by atoms with E-state index < -0.39 is 29.8 Å². The van der Waals surface area contributed by atoms with Crippen LogP contribution in [0.2, 0.25) is 0 Å². The van der Waals surface area contributed by atoms with E-state index in [9.17, 15) is 31.1 Å². The predicted octanol–water partition coefficient (Wildman–Crippen LogP) is 5.74. The lowest BCUT2D eigenvalue weighted by atomic mass is 10.1. The molecular weight excluding hydrogens is 484 g/mol. The fourth-order valence-corrected chi connectivity index (χ4v) is 2.48. The van der Waals surface area contributed by atoms with E-state index in [-0.39, 0.29) is 11.3 Å². The van der Waals surface area contributed by atoms with Crippen molar-refractivity contribution >= 4 is 29.1 Å². The molecular formula is C22H17F6N3O4. The third-order valence-corrected chi connectivity index (χ3v) is 4.03. The predicted molar refractivity (Wildman–Crippen MR) is 114 cm³/mol. The minimum atomic E-state index is -5.08. The molecule has 3 N–H and O–H groups in total. The van der Waals surface area contributed by atoms with Gasteiger partial charge in [0, 0.05) is 29.2 Å². The molecule has 13 heteroatoms. The number of amides is 1. The van der Waals surface area contributed by atoms with E-state index in [1.165, 1.54) is 25.3 Å². The van der Waals surface area contributed by atoms with Crippen LogP contribution < -0.4 is 15.4 Å². The number of carboxylic acid groups (broad SMARTS) is 1. The summed E-state index contributed by atoms with van der Waals surface area (Å²) >= 11 is 0. The van der Waals surface area contributed by atoms with Crippen molar-refractivity contribution < 1.29 is 45.8 Å². The van der Waals surface area contributed by atoms with E-state index in [1.54, 1.807) is 36.5 Å². The molecule has 0 fully saturated rings. The number of carboxylic acids is 1. The van der Waals surface area contributed by atoms with Crippen LogP contribution in [0.25, 0.3) is 0 Å². The zero-order chi connectivity index (χ0) is 26.2. The second-order valence-corrected chi connectivity index (χ2v) is 6.63. The Labute approximate surface area is 194 Å². The summed E-state index contributed by atoms with van der Waals surface area (Å²) in [6.45, 7) is 0. The van der Waals surface area contributed by atoms with Crippen molar-refractivity contribution in [3.8, 4) is 5.75 Å². The highest BCUT2D eigenvalue weighted by Crippen LogP contribution is 2.31. The van der Waals surface area contributed by atoms with Crippen molar-refractivity contribution in [2.45, 2.75) is 12.4 Å². The Bertz CT molecular complexity index is 1170. The molecule has 7 nitrogen and oxygen atoms in total. The van der Waals surface area contributed by atoms with Gasteiger partial charge in [-0.25, -0.2) is 9.78 Å². The molecule has 0 bridgehead atoms. The highest BCUT2D eigenvalue weighted by Gasteiger charge is 2.38. The molecule has 186 valence electrons. The summed E-state index contributed by atoms with van der Waals surface area (Å²) in [6, 6.07) is 14.5. The molecule has 35 heavy (non-hydrogen) atoms. The fraction of sp³-hybridized carbons (Fsp3) is 0.136. The van der Waals surface area contributed by atoms with Crippen molar-refractivity contribution in [1.82, 2.24) is 4.98 Å². The van der Waals surface area contributed by atoms with Gasteiger partial charge in [-0.1, -0.05) is 12.1 Å². The number of nitrogens with zero attached hydrogens (tertiary/aromatic N) is 1. The SMILES string of the molecule is COc1cc(Nc2ccccn2)cc(C(=O)Nc2cccc(C(F)(F)F)c2)c1.O=C(O)C(F)(F)F. The fourth-order valence-electron chi connectivity index (χ4n) is 2.48. The second-order valence-electron chi connectivity index (χ2n) is 6.63. The van der Waals surface area contributed by atoms with Crippen molar-refractivity contribution in [2.75, 3.05) is 17.7 Å². The molecule has 0 aliphatic carbocycles. The minimum Gasteiger partial charge on any atom is -0.497 e. The number of carbonyl (C=O) groups is 2. The summed E-state index contributed by atoms with van der Waals surface area (Å²) in [7, 11) is 1.45. The van der Waals surface area contributed by atoms with Gasteiger partial charge in [0.2, 0.25) is 0 Å². The molecule has 0 aliphatic heterocycles. The highest BCUT2D eigenvalue weighted by molar-refractivity contribution is 6.05. The number of alkyl halides is 6. The summed E-state index contributed by atoms with van der Waals surface area (Å²) in [5, 5.41) is 12.6. The first kappa shape index (κ1) is 27.0. The Kier molecular flexibility index (Phi) is 8.65. The third-order valence-electron chi connectivity index (χ3n) is 4.03. The van der Waals surface area contributed by atoms with Gasteiger partial charge in [-0.15, -0.1) is 0 Å². The molecule has 0 saturated carbocycles. The molecule has 3 rings (SSSR count). The lowest BCUT2D eigenvalue weighted by molar-refractivity contribution is -0.192. The summed E-state index contributed by atoms with van der Waals surface area (Å²) in [4.78, 5) is 25.6. The summed E-state index contributed by atoms with van der Waals surface area (Å²) in [5.41, 5.74) is -0.0298. The van der Waals surface area contributed by atoms with Crippen LogP contribution in [0.15, 0.2) is 66.9 Å². The minimum absolute atomic E-state index is 0.0434. The van der Waals surface area contributed by atoms with Crippen LogP contribution in [0, 0.1) is 0 Å². The molecule has 0 unspecified atom stereocenters. The van der Waals surface area contributed by atoms with Crippen molar-refractivity contribution in [2.24, 2.45) is 0 Å². The average molecular weight is 501 g/mol. The molecule has 0 spiro atoms. The smallest absolute Gasteiger partial charge is 0.490 e. The number of aromatic nitrogens is 1. The zero-order valence-electron chi connectivity index (χ0n) is 17.7. The molecule has 0 saturated heterocycles. The number of rotatable bonds is 5. The number of halogens is 6. The number of pyridine rings is 1. The van der Waals surface area contributed by atoms with E-state index in [1.807, 2.05) is 0 Å². The van der Waals surface area contributed by atoms with Gasteiger partial charge in [0.05, 0.1) is 12.7 Å². The first-order valence-electron chi connectivity index (χ1n) is 9.45. The highest BCUT2D eigenvalue weighted by atomic mass is 19.4. The maximum absolute atomic E-state index is 12.8. The lowest BCUT2D eigenvalue weighted by Gasteiger charge is -2.12. The molecule has 0 atom stereocenters. The number of ether oxygens (including phenoxy) is 1. The number of anilines is 3. The van der Waals surface area contributed by atoms with Gasteiger partial charge >= 0.3 is 18.3 Å². The Balaban J connectivity index is 0.000000540. The standard InChI is InChI=1S/C20H16F3N3O2.C2HF3O2/c1-28-17-10-13(9-16(12-17)25-18-7-2-3-8-24-18)19(27)26-15-6-4-5-14(11-15)20(21,22)23;3-2(4,5)1(6)7/h2-12H,1H3,(H,24,25)(H,26,27);(H,6,7). The maximum Gasteiger partial charge on any atom is 0.490 e. The van der Waals surface area contributed by atoms with Gasteiger partial charge in [0.25, 0.3) is 5.91 Å². The average Bonchev–Trinajstić information content (AvgIpc) is 2.79. The number of aliphatic carboxylic acids is 1. The monoisotopic (exact) mass is 501 g/mol. The number of hydrogen-bond acceptors (Lipinski definition) is 5. The van der Waals surface area contributed by atoms with Crippen molar-refractivity contribution in [3.05, 3.63) is 78.0 Å². The van der Waals surface area contributed by atoms with Gasteiger partial charge in [-0.2, -0.15) is 26.3 Å². The molecule has 2 aromatic carbocycles. The van der Waals surface area contributed by atoms with Crippen LogP contribution in [0.5, 0.6) is 5.75 Å². The molecule has 1 amide bonds. The zero-order valence-corrected chi connectivity index (χ0v) is 17.7. The summed E-state index contributed by atoms with van der Waals surface area (Å²) < 4.78 is 75.5. The number of nitrogens with one attached hydrogen (secondary N) is 2. The second kappa shape index (κ2) is 11.2. The first-order chi connectivity index (χ1) is 16.3. The van der Waals surface area contributed by atoms with Crippen LogP contribution in [0.3, 0.4) is 0 Å². The van der Waals surface area contributed by atoms with Crippen LogP contribution in [-0.2, 0) is 11.0 Å². The lowest BCUT2D eigenvalue weighted by Crippen LogP contribution is -2.21. The van der Waals surface area contributed by atoms with E-state index in [0.717, 1.165) is 12.1 Å². The van der Waals surface area contributed by atoms with Crippen molar-refractivity contribution in [3.63, 3.8) is 0 Å². The van der Waals surface area contributed by atoms with Gasteiger partial charge in [-0.05, 0) is 42.5 Å². The molecule has 1 heterocycles. The van der Waals surface area contributed by atoms with Crippen LogP contribution in [0.1, 0.15) is 15.9 Å². The Hall–Kier alpha value is -4.29. The maximum atomic E-state index is 12.8. The van der Waals surface area contributed by atoms with E-state index in [0.29, 0.717) is 17.3 Å². The van der Waals surface area contributed by atoms with E-state index in [2.05, 4.69) is 15.6 Å². The third kappa shape index (κ3) is 8.53. The largest absolute Gasteiger partial charge is 0.497 e. The summed E-state index contributed by atoms with van der Waals surface area (Å²) in [5.74, 6) is -2.34. The molecule has 0 aliphatic rings. The van der Waals surface area contributed by atoms with Gasteiger partial charge in [0.15, 0.2) is 0 Å². The topological polar surface area (TPSA) is 101 Å². The van der Waals surface area contributed by atoms with E-state index >= 15 is 0 Å².